The molecule has 0 aromatic carbocycles. The van der Waals surface area contributed by atoms with Crippen LogP contribution in [0, 0.1) is 5.41 Å². The summed E-state index contributed by atoms with van der Waals surface area (Å²) in [5.41, 5.74) is 0. The number of hydrogen-bond acceptors (Lipinski definition) is 2. The summed E-state index contributed by atoms with van der Waals surface area (Å²) in [4.78, 5) is 0. The zero-order valence-corrected chi connectivity index (χ0v) is 7.98. The molecule has 5 heteroatoms. The topological polar surface area (TPSA) is 49.0 Å². The zero-order valence-electron chi connectivity index (χ0n) is 4.81. The molecule has 1 aromatic heterocycles. The van der Waals surface area contributed by atoms with E-state index in [-0.39, 0.29) is 0 Å². The average molecular weight is 268 g/mol. The van der Waals surface area contributed by atoms with Gasteiger partial charge in [0, 0.05) is 0 Å². The predicted molar refractivity (Wildman–Crippen MR) is 42.9 cm³/mol. The summed E-state index contributed by atoms with van der Waals surface area (Å²) in [6.07, 6.45) is 2.79. The van der Waals surface area contributed by atoms with Crippen molar-refractivity contribution in [1.82, 2.24) is 4.73 Å². The second-order valence-corrected chi connectivity index (χ2v) is 3.42. The molecule has 0 spiro atoms. The van der Waals surface area contributed by atoms with Crippen molar-refractivity contribution in [2.45, 2.75) is 0 Å². The minimum absolute atomic E-state index is 0.324. The van der Waals surface area contributed by atoms with Crippen LogP contribution in [0.2, 0.25) is 0 Å². The minimum atomic E-state index is 0.324. The molecule has 2 N–H and O–H groups in total. The van der Waals surface area contributed by atoms with Crippen molar-refractivity contribution >= 4 is 31.9 Å². The van der Waals surface area contributed by atoms with E-state index in [1.165, 1.54) is 12.4 Å². The second kappa shape index (κ2) is 2.75. The summed E-state index contributed by atoms with van der Waals surface area (Å²) in [7, 11) is 0. The van der Waals surface area contributed by atoms with Crippen LogP contribution < -0.4 is 5.36 Å². The van der Waals surface area contributed by atoms with Gasteiger partial charge in [-0.25, -0.2) is 0 Å². The average Bonchev–Trinajstić information content (AvgIpc) is 1.82. The predicted octanol–water partition coefficient (Wildman–Crippen LogP) is 1.73. The third-order valence-electron chi connectivity index (χ3n) is 0.969. The van der Waals surface area contributed by atoms with Crippen LogP contribution in [0.4, 0.5) is 0 Å². The van der Waals surface area contributed by atoms with Crippen LogP contribution in [0.1, 0.15) is 0 Å². The number of nitrogens with zero attached hydrogens (tertiary/aromatic N) is 1. The van der Waals surface area contributed by atoms with Gasteiger partial charge >= 0.3 is 0 Å². The van der Waals surface area contributed by atoms with Crippen LogP contribution in [0.25, 0.3) is 0 Å². The van der Waals surface area contributed by atoms with Crippen molar-refractivity contribution in [2.24, 2.45) is 0 Å². The van der Waals surface area contributed by atoms with E-state index >= 15 is 0 Å². The van der Waals surface area contributed by atoms with Gasteiger partial charge in [-0.3, -0.25) is 5.41 Å². The molecule has 0 atom stereocenters. The number of hydrogen-bond donors (Lipinski definition) is 2. The SMILES string of the molecule is N=c1c(Br)cn(O)cc1Br. The molecular formula is C5H4Br2N2O. The molecule has 1 heterocycles. The number of halogens is 2. The Balaban J connectivity index is 3.46. The molecule has 0 saturated carbocycles. The molecule has 0 unspecified atom stereocenters. The largest absolute Gasteiger partial charge is 0.429 e. The highest BCUT2D eigenvalue weighted by Gasteiger charge is 1.96. The van der Waals surface area contributed by atoms with Gasteiger partial charge < -0.3 is 5.21 Å². The Labute approximate surface area is 74.0 Å². The molecular weight excluding hydrogens is 264 g/mol. The standard InChI is InChI=1S/C5H4Br2N2O/c6-3-1-9(10)2-4(7)5(3)8/h1-2,8,10H. The van der Waals surface area contributed by atoms with Gasteiger partial charge in [0.05, 0.1) is 26.7 Å². The molecule has 10 heavy (non-hydrogen) atoms. The maximum atomic E-state index is 8.89. The van der Waals surface area contributed by atoms with Gasteiger partial charge in [-0.05, 0) is 31.9 Å². The highest BCUT2D eigenvalue weighted by Crippen LogP contribution is 2.07. The van der Waals surface area contributed by atoms with Gasteiger partial charge in [-0.15, -0.1) is 0 Å². The molecule has 0 fully saturated rings. The van der Waals surface area contributed by atoms with E-state index in [2.05, 4.69) is 31.9 Å². The Morgan fingerprint density at radius 2 is 1.70 bits per heavy atom. The van der Waals surface area contributed by atoms with E-state index in [0.29, 0.717) is 14.3 Å². The lowest BCUT2D eigenvalue weighted by molar-refractivity contribution is 0.183. The molecule has 0 aliphatic rings. The Hall–Kier alpha value is -0.290. The third kappa shape index (κ3) is 1.41. The highest BCUT2D eigenvalue weighted by atomic mass is 79.9. The summed E-state index contributed by atoms with van der Waals surface area (Å²) >= 11 is 6.20. The summed E-state index contributed by atoms with van der Waals surface area (Å²) in [5.74, 6) is 0. The lowest BCUT2D eigenvalue weighted by Crippen LogP contribution is -2.07. The minimum Gasteiger partial charge on any atom is -0.429 e. The second-order valence-electron chi connectivity index (χ2n) is 1.71. The summed E-state index contributed by atoms with van der Waals surface area (Å²) < 4.78 is 1.97. The quantitative estimate of drug-likeness (QED) is 0.691. The fourth-order valence-corrected chi connectivity index (χ4v) is 1.63. The van der Waals surface area contributed by atoms with Gasteiger partial charge in [-0.2, -0.15) is 4.73 Å². The van der Waals surface area contributed by atoms with Gasteiger partial charge in [0.25, 0.3) is 0 Å². The molecule has 1 rings (SSSR count). The van der Waals surface area contributed by atoms with Gasteiger partial charge in [-0.1, -0.05) is 0 Å². The first-order chi connectivity index (χ1) is 4.61. The highest BCUT2D eigenvalue weighted by molar-refractivity contribution is 9.11. The van der Waals surface area contributed by atoms with E-state index in [1.54, 1.807) is 0 Å². The van der Waals surface area contributed by atoms with E-state index < -0.39 is 0 Å². The Morgan fingerprint density at radius 3 is 2.10 bits per heavy atom. The third-order valence-corrected chi connectivity index (χ3v) is 2.17. The fraction of sp³-hybridized carbons (Fsp3) is 0. The molecule has 0 aliphatic heterocycles. The number of pyridine rings is 1. The Kier molecular flexibility index (Phi) is 2.15. The van der Waals surface area contributed by atoms with Crippen LogP contribution >= 0.6 is 31.9 Å². The molecule has 1 aromatic rings. The first-order valence-electron chi connectivity index (χ1n) is 2.42. The summed E-state index contributed by atoms with van der Waals surface area (Å²) in [6, 6.07) is 0. The van der Waals surface area contributed by atoms with Crippen LogP contribution in [-0.2, 0) is 0 Å². The zero-order chi connectivity index (χ0) is 7.72. The van der Waals surface area contributed by atoms with Crippen molar-refractivity contribution in [3.63, 3.8) is 0 Å². The Morgan fingerprint density at radius 1 is 1.30 bits per heavy atom. The number of aromatic nitrogens is 1. The van der Waals surface area contributed by atoms with Gasteiger partial charge in [0.2, 0.25) is 0 Å². The molecule has 0 aliphatic carbocycles. The summed E-state index contributed by atoms with van der Waals surface area (Å²) in [5, 5.41) is 16.5. The van der Waals surface area contributed by atoms with E-state index in [1.807, 2.05) is 0 Å². The smallest absolute Gasteiger partial charge is 0.0856 e. The van der Waals surface area contributed by atoms with Crippen LogP contribution in [0.5, 0.6) is 0 Å². The van der Waals surface area contributed by atoms with Crippen LogP contribution in [0.3, 0.4) is 0 Å². The first kappa shape index (κ1) is 7.81. The monoisotopic (exact) mass is 266 g/mol. The first-order valence-corrected chi connectivity index (χ1v) is 4.01. The van der Waals surface area contributed by atoms with Crippen molar-refractivity contribution < 1.29 is 5.21 Å². The fourth-order valence-electron chi connectivity index (χ4n) is 0.513. The van der Waals surface area contributed by atoms with Crippen molar-refractivity contribution in [3.8, 4) is 0 Å². The summed E-state index contributed by atoms with van der Waals surface area (Å²) in [6.45, 7) is 0. The molecule has 0 radical (unpaired) electrons. The molecule has 0 saturated heterocycles. The van der Waals surface area contributed by atoms with Gasteiger partial charge in [0.1, 0.15) is 0 Å². The van der Waals surface area contributed by atoms with E-state index in [9.17, 15) is 0 Å². The lowest BCUT2D eigenvalue weighted by atomic mass is 10.5. The van der Waals surface area contributed by atoms with Crippen LogP contribution in [0.15, 0.2) is 21.3 Å². The van der Waals surface area contributed by atoms with Gasteiger partial charge in [0.15, 0.2) is 0 Å². The maximum absolute atomic E-state index is 8.89. The van der Waals surface area contributed by atoms with E-state index in [4.69, 9.17) is 10.6 Å². The van der Waals surface area contributed by atoms with E-state index in [0.717, 1.165) is 4.73 Å². The number of rotatable bonds is 0. The number of nitrogens with one attached hydrogen (secondary N) is 1. The lowest BCUT2D eigenvalue weighted by Gasteiger charge is -1.98. The van der Waals surface area contributed by atoms with Crippen molar-refractivity contribution in [1.29, 1.82) is 5.41 Å². The normalized spacial score (nSPS) is 9.80. The maximum Gasteiger partial charge on any atom is 0.0856 e. The molecule has 3 nitrogen and oxygen atoms in total. The van der Waals surface area contributed by atoms with Crippen molar-refractivity contribution in [3.05, 3.63) is 26.7 Å². The van der Waals surface area contributed by atoms with Crippen LogP contribution in [-0.4, -0.2) is 9.94 Å². The molecule has 54 valence electrons. The van der Waals surface area contributed by atoms with Crippen molar-refractivity contribution in [2.75, 3.05) is 0 Å². The Bertz CT molecular complexity index is 281. The molecule has 0 bridgehead atoms. The molecule has 0 amide bonds.